The van der Waals surface area contributed by atoms with Crippen molar-refractivity contribution in [3.05, 3.63) is 28.2 Å². The minimum absolute atomic E-state index is 0.310. The van der Waals surface area contributed by atoms with Crippen LogP contribution in [0.25, 0.3) is 0 Å². The molecule has 1 aromatic carbocycles. The first-order valence-electron chi connectivity index (χ1n) is 5.32. The standard InChI is InChI=1S/C12H14Cl2O3/c1-3-12(4-2,11(15)16)17-10-6-5-8(13)7-9(10)14/h5-7H,3-4H2,1-2H3,(H,15,16). The molecular formula is C12H14Cl2O3. The fraction of sp³-hybridized carbons (Fsp3) is 0.417. The minimum Gasteiger partial charge on any atom is -0.478 e. The molecule has 17 heavy (non-hydrogen) atoms. The molecule has 0 fully saturated rings. The van der Waals surface area contributed by atoms with Crippen LogP contribution in [0.2, 0.25) is 10.0 Å². The van der Waals surface area contributed by atoms with Crippen LogP contribution >= 0.6 is 23.2 Å². The molecule has 5 heteroatoms. The van der Waals surface area contributed by atoms with Crippen molar-refractivity contribution in [3.63, 3.8) is 0 Å². The van der Waals surface area contributed by atoms with Gasteiger partial charge in [0.25, 0.3) is 0 Å². The Labute approximate surface area is 110 Å². The van der Waals surface area contributed by atoms with Gasteiger partial charge in [-0.3, -0.25) is 0 Å². The average molecular weight is 277 g/mol. The molecule has 0 unspecified atom stereocenters. The molecule has 0 radical (unpaired) electrons. The summed E-state index contributed by atoms with van der Waals surface area (Å²) in [5, 5.41) is 10.0. The smallest absolute Gasteiger partial charge is 0.348 e. The third-order valence-electron chi connectivity index (χ3n) is 2.73. The van der Waals surface area contributed by atoms with Gasteiger partial charge in [-0.2, -0.15) is 0 Å². The molecule has 1 rings (SSSR count). The lowest BCUT2D eigenvalue weighted by atomic mass is 9.97. The molecule has 1 aromatic rings. The lowest BCUT2D eigenvalue weighted by Crippen LogP contribution is -2.43. The van der Waals surface area contributed by atoms with Crippen LogP contribution in [0, 0.1) is 0 Å². The molecule has 0 aromatic heterocycles. The third-order valence-corrected chi connectivity index (χ3v) is 3.26. The highest BCUT2D eigenvalue weighted by Gasteiger charge is 2.37. The lowest BCUT2D eigenvalue weighted by molar-refractivity contribution is -0.156. The van der Waals surface area contributed by atoms with E-state index < -0.39 is 11.6 Å². The largest absolute Gasteiger partial charge is 0.478 e. The monoisotopic (exact) mass is 276 g/mol. The van der Waals surface area contributed by atoms with Crippen LogP contribution in [0.5, 0.6) is 5.75 Å². The molecule has 1 N–H and O–H groups in total. The van der Waals surface area contributed by atoms with Gasteiger partial charge < -0.3 is 9.84 Å². The zero-order valence-corrected chi connectivity index (χ0v) is 11.2. The molecule has 3 nitrogen and oxygen atoms in total. The maximum absolute atomic E-state index is 11.3. The van der Waals surface area contributed by atoms with E-state index in [0.29, 0.717) is 28.6 Å². The van der Waals surface area contributed by atoms with Crippen molar-refractivity contribution in [1.29, 1.82) is 0 Å². The van der Waals surface area contributed by atoms with Crippen LogP contribution in [0.15, 0.2) is 18.2 Å². The van der Waals surface area contributed by atoms with Crippen LogP contribution in [-0.4, -0.2) is 16.7 Å². The molecule has 0 saturated carbocycles. The lowest BCUT2D eigenvalue weighted by Gasteiger charge is -2.28. The van der Waals surface area contributed by atoms with Crippen molar-refractivity contribution in [1.82, 2.24) is 0 Å². The van der Waals surface area contributed by atoms with E-state index >= 15 is 0 Å². The highest BCUT2D eigenvalue weighted by molar-refractivity contribution is 6.35. The van der Waals surface area contributed by atoms with Crippen molar-refractivity contribution in [3.8, 4) is 5.75 Å². The van der Waals surface area contributed by atoms with E-state index in [1.54, 1.807) is 26.0 Å². The molecule has 0 heterocycles. The number of aliphatic carboxylic acids is 1. The average Bonchev–Trinajstić information content (AvgIpc) is 2.28. The molecule has 0 amide bonds. The molecule has 94 valence electrons. The first kappa shape index (κ1) is 14.1. The Balaban J connectivity index is 3.05. The summed E-state index contributed by atoms with van der Waals surface area (Å²) in [5.74, 6) is -0.657. The van der Waals surface area contributed by atoms with Gasteiger partial charge in [0.15, 0.2) is 0 Å². The highest BCUT2D eigenvalue weighted by Crippen LogP contribution is 2.32. The van der Waals surface area contributed by atoms with Gasteiger partial charge in [0.05, 0.1) is 5.02 Å². The quantitative estimate of drug-likeness (QED) is 0.884. The Kier molecular flexibility index (Phi) is 4.66. The second-order valence-corrected chi connectivity index (χ2v) is 4.53. The number of hydrogen-bond acceptors (Lipinski definition) is 2. The molecule has 0 aliphatic rings. The van der Waals surface area contributed by atoms with Crippen molar-refractivity contribution in [2.24, 2.45) is 0 Å². The first-order valence-corrected chi connectivity index (χ1v) is 6.08. The zero-order chi connectivity index (χ0) is 13.1. The van der Waals surface area contributed by atoms with Gasteiger partial charge in [-0.15, -0.1) is 0 Å². The fourth-order valence-electron chi connectivity index (χ4n) is 1.51. The Morgan fingerprint density at radius 1 is 1.35 bits per heavy atom. The predicted octanol–water partition coefficient (Wildman–Crippen LogP) is 4.02. The Bertz CT molecular complexity index is 414. The summed E-state index contributed by atoms with van der Waals surface area (Å²) in [4.78, 5) is 11.3. The van der Waals surface area contributed by atoms with Crippen LogP contribution < -0.4 is 4.74 Å². The molecule has 0 saturated heterocycles. The summed E-state index contributed by atoms with van der Waals surface area (Å²) in [6.07, 6.45) is 0.718. The summed E-state index contributed by atoms with van der Waals surface area (Å²) in [6, 6.07) is 4.71. The number of carbonyl (C=O) groups is 1. The summed E-state index contributed by atoms with van der Waals surface area (Å²) in [6.45, 7) is 3.53. The van der Waals surface area contributed by atoms with Crippen LogP contribution in [-0.2, 0) is 4.79 Å². The second-order valence-electron chi connectivity index (χ2n) is 3.68. The predicted molar refractivity (Wildman–Crippen MR) is 68.0 cm³/mol. The molecule has 0 aliphatic carbocycles. The van der Waals surface area contributed by atoms with Gasteiger partial charge >= 0.3 is 5.97 Å². The first-order chi connectivity index (χ1) is 7.95. The van der Waals surface area contributed by atoms with Gasteiger partial charge in [-0.1, -0.05) is 37.0 Å². The molecule has 0 aliphatic heterocycles. The number of hydrogen-bond donors (Lipinski definition) is 1. The number of carboxylic acid groups (broad SMARTS) is 1. The minimum atomic E-state index is -1.24. The number of benzene rings is 1. The zero-order valence-electron chi connectivity index (χ0n) is 9.67. The van der Waals surface area contributed by atoms with Gasteiger partial charge in [0.1, 0.15) is 5.75 Å². The molecule has 0 atom stereocenters. The molecular weight excluding hydrogens is 263 g/mol. The van der Waals surface area contributed by atoms with E-state index in [1.807, 2.05) is 0 Å². The summed E-state index contributed by atoms with van der Waals surface area (Å²) in [5.41, 5.74) is -1.24. The molecule has 0 spiro atoms. The van der Waals surface area contributed by atoms with E-state index in [1.165, 1.54) is 6.07 Å². The van der Waals surface area contributed by atoms with Gasteiger partial charge in [-0.05, 0) is 31.0 Å². The Morgan fingerprint density at radius 3 is 2.35 bits per heavy atom. The Hall–Kier alpha value is -0.930. The number of rotatable bonds is 5. The van der Waals surface area contributed by atoms with Crippen molar-refractivity contribution < 1.29 is 14.6 Å². The van der Waals surface area contributed by atoms with Crippen LogP contribution in [0.1, 0.15) is 26.7 Å². The molecule has 0 bridgehead atoms. The van der Waals surface area contributed by atoms with Gasteiger partial charge in [0.2, 0.25) is 5.60 Å². The number of halogens is 2. The van der Waals surface area contributed by atoms with E-state index in [-0.39, 0.29) is 0 Å². The van der Waals surface area contributed by atoms with E-state index in [4.69, 9.17) is 27.9 Å². The maximum Gasteiger partial charge on any atom is 0.348 e. The fourth-order valence-corrected chi connectivity index (χ4v) is 1.96. The maximum atomic E-state index is 11.3. The van der Waals surface area contributed by atoms with Gasteiger partial charge in [-0.25, -0.2) is 4.79 Å². The summed E-state index contributed by atoms with van der Waals surface area (Å²) in [7, 11) is 0. The SMILES string of the molecule is CCC(CC)(Oc1ccc(Cl)cc1Cl)C(=O)O. The van der Waals surface area contributed by atoms with Gasteiger partial charge in [0, 0.05) is 5.02 Å². The summed E-state index contributed by atoms with van der Waals surface area (Å²) >= 11 is 11.7. The number of carboxylic acids is 1. The highest BCUT2D eigenvalue weighted by atomic mass is 35.5. The van der Waals surface area contributed by atoms with E-state index in [0.717, 1.165) is 0 Å². The van der Waals surface area contributed by atoms with Crippen LogP contribution in [0.3, 0.4) is 0 Å². The van der Waals surface area contributed by atoms with E-state index in [9.17, 15) is 9.90 Å². The topological polar surface area (TPSA) is 46.5 Å². The van der Waals surface area contributed by atoms with Crippen molar-refractivity contribution >= 4 is 29.2 Å². The normalized spacial score (nSPS) is 11.3. The second kappa shape index (κ2) is 5.61. The van der Waals surface area contributed by atoms with Crippen molar-refractivity contribution in [2.45, 2.75) is 32.3 Å². The van der Waals surface area contributed by atoms with Crippen molar-refractivity contribution in [2.75, 3.05) is 0 Å². The van der Waals surface area contributed by atoms with Crippen LogP contribution in [0.4, 0.5) is 0 Å². The third kappa shape index (κ3) is 3.05. The summed E-state index contributed by atoms with van der Waals surface area (Å²) < 4.78 is 5.56. The Morgan fingerprint density at radius 2 is 1.94 bits per heavy atom. The van der Waals surface area contributed by atoms with E-state index in [2.05, 4.69) is 0 Å². The number of ether oxygens (including phenoxy) is 1.